The van der Waals surface area contributed by atoms with Crippen LogP contribution in [0.3, 0.4) is 0 Å². The van der Waals surface area contributed by atoms with Gasteiger partial charge in [-0.2, -0.15) is 0 Å². The maximum Gasteiger partial charge on any atom is 0.240 e. The monoisotopic (exact) mass is 242 g/mol. The van der Waals surface area contributed by atoms with Gasteiger partial charge in [-0.25, -0.2) is 13.1 Å². The molecule has 16 heavy (non-hydrogen) atoms. The first kappa shape index (κ1) is 13.2. The molecule has 5 heteroatoms. The van der Waals surface area contributed by atoms with Gasteiger partial charge in [0.15, 0.2) is 0 Å². The van der Waals surface area contributed by atoms with E-state index >= 15 is 0 Å². The second-order valence-corrected chi connectivity index (χ2v) is 6.40. The highest BCUT2D eigenvalue weighted by Crippen LogP contribution is 2.11. The van der Waals surface area contributed by atoms with Crippen LogP contribution in [0.25, 0.3) is 0 Å². The van der Waals surface area contributed by atoms with E-state index in [2.05, 4.69) is 4.72 Å². The Morgan fingerprint density at radius 1 is 1.38 bits per heavy atom. The van der Waals surface area contributed by atoms with Crippen LogP contribution in [0, 0.1) is 6.92 Å². The standard InChI is InChI=1S/C11H18N2O2S/c1-9-5-4-6-10(7-9)16(14,15)13-8-11(2,3)12/h4-7,13H,8,12H2,1-3H3. The molecule has 3 N–H and O–H groups in total. The maximum atomic E-state index is 11.9. The zero-order chi connectivity index (χ0) is 12.4. The molecule has 0 spiro atoms. The van der Waals surface area contributed by atoms with Crippen molar-refractivity contribution in [3.63, 3.8) is 0 Å². The lowest BCUT2D eigenvalue weighted by atomic mass is 10.1. The molecule has 0 heterocycles. The Balaban J connectivity index is 2.87. The fraction of sp³-hybridized carbons (Fsp3) is 0.455. The third kappa shape index (κ3) is 3.92. The van der Waals surface area contributed by atoms with Crippen molar-refractivity contribution in [3.05, 3.63) is 29.8 Å². The molecular formula is C11H18N2O2S. The molecule has 0 aromatic heterocycles. The van der Waals surface area contributed by atoms with E-state index in [-0.39, 0.29) is 11.4 Å². The molecular weight excluding hydrogens is 224 g/mol. The number of aryl methyl sites for hydroxylation is 1. The minimum Gasteiger partial charge on any atom is -0.324 e. The highest BCUT2D eigenvalue weighted by atomic mass is 32.2. The largest absolute Gasteiger partial charge is 0.324 e. The Hall–Kier alpha value is -0.910. The van der Waals surface area contributed by atoms with Crippen molar-refractivity contribution in [1.29, 1.82) is 0 Å². The number of benzene rings is 1. The molecule has 0 aliphatic carbocycles. The molecule has 0 fully saturated rings. The van der Waals surface area contributed by atoms with Gasteiger partial charge in [0.05, 0.1) is 4.90 Å². The molecule has 90 valence electrons. The normalized spacial score (nSPS) is 12.8. The van der Waals surface area contributed by atoms with E-state index < -0.39 is 15.6 Å². The third-order valence-electron chi connectivity index (χ3n) is 2.02. The minimum atomic E-state index is -3.45. The summed E-state index contributed by atoms with van der Waals surface area (Å²) in [6.07, 6.45) is 0. The van der Waals surface area contributed by atoms with Gasteiger partial charge in [-0.15, -0.1) is 0 Å². The number of sulfonamides is 1. The van der Waals surface area contributed by atoms with Gasteiger partial charge in [0.25, 0.3) is 0 Å². The summed E-state index contributed by atoms with van der Waals surface area (Å²) in [5.74, 6) is 0. The molecule has 0 saturated heterocycles. The van der Waals surface area contributed by atoms with Gasteiger partial charge in [0, 0.05) is 12.1 Å². The van der Waals surface area contributed by atoms with E-state index in [0.717, 1.165) is 5.56 Å². The van der Waals surface area contributed by atoms with Crippen molar-refractivity contribution in [2.24, 2.45) is 5.73 Å². The Morgan fingerprint density at radius 3 is 2.50 bits per heavy atom. The van der Waals surface area contributed by atoms with Crippen LogP contribution < -0.4 is 10.5 Å². The summed E-state index contributed by atoms with van der Waals surface area (Å²) >= 11 is 0. The van der Waals surface area contributed by atoms with Crippen LogP contribution in [0.15, 0.2) is 29.2 Å². The Kier molecular flexibility index (Phi) is 3.72. The van der Waals surface area contributed by atoms with E-state index in [1.807, 2.05) is 13.0 Å². The van der Waals surface area contributed by atoms with Crippen LogP contribution in [0.1, 0.15) is 19.4 Å². The third-order valence-corrected chi connectivity index (χ3v) is 3.42. The average Bonchev–Trinajstić information content (AvgIpc) is 2.14. The number of hydrogen-bond acceptors (Lipinski definition) is 3. The van der Waals surface area contributed by atoms with Crippen LogP contribution in [0.5, 0.6) is 0 Å². The Bertz CT molecular complexity index is 461. The van der Waals surface area contributed by atoms with E-state index in [9.17, 15) is 8.42 Å². The summed E-state index contributed by atoms with van der Waals surface area (Å²) < 4.78 is 26.2. The highest BCUT2D eigenvalue weighted by molar-refractivity contribution is 7.89. The van der Waals surface area contributed by atoms with E-state index in [4.69, 9.17) is 5.73 Å². The molecule has 0 aliphatic rings. The van der Waals surface area contributed by atoms with E-state index in [1.54, 1.807) is 32.0 Å². The van der Waals surface area contributed by atoms with Crippen LogP contribution in [0.2, 0.25) is 0 Å². The van der Waals surface area contributed by atoms with Crippen molar-refractivity contribution < 1.29 is 8.42 Å². The molecule has 1 aromatic rings. The molecule has 0 aliphatic heterocycles. The first-order valence-corrected chi connectivity index (χ1v) is 6.54. The lowest BCUT2D eigenvalue weighted by molar-refractivity contribution is 0.498. The second kappa shape index (κ2) is 4.53. The summed E-state index contributed by atoms with van der Waals surface area (Å²) in [4.78, 5) is 0.275. The topological polar surface area (TPSA) is 72.2 Å². The predicted molar refractivity (Wildman–Crippen MR) is 64.6 cm³/mol. The molecule has 0 saturated carbocycles. The van der Waals surface area contributed by atoms with E-state index in [1.165, 1.54) is 0 Å². The van der Waals surface area contributed by atoms with Crippen molar-refractivity contribution >= 4 is 10.0 Å². The van der Waals surface area contributed by atoms with Gasteiger partial charge in [-0.05, 0) is 38.5 Å². The van der Waals surface area contributed by atoms with Crippen molar-refractivity contribution in [1.82, 2.24) is 4.72 Å². The number of nitrogens with one attached hydrogen (secondary N) is 1. The first-order chi connectivity index (χ1) is 7.21. The smallest absolute Gasteiger partial charge is 0.240 e. The summed E-state index contributed by atoms with van der Waals surface area (Å²) in [5.41, 5.74) is 6.08. The molecule has 0 radical (unpaired) electrons. The zero-order valence-electron chi connectivity index (χ0n) is 9.82. The van der Waals surface area contributed by atoms with Gasteiger partial charge in [0.1, 0.15) is 0 Å². The number of nitrogens with two attached hydrogens (primary N) is 1. The van der Waals surface area contributed by atoms with Crippen LogP contribution in [-0.4, -0.2) is 20.5 Å². The van der Waals surface area contributed by atoms with Crippen molar-refractivity contribution in [2.75, 3.05) is 6.54 Å². The lowest BCUT2D eigenvalue weighted by Crippen LogP contribution is -2.45. The van der Waals surface area contributed by atoms with Crippen molar-refractivity contribution in [2.45, 2.75) is 31.2 Å². The van der Waals surface area contributed by atoms with Gasteiger partial charge < -0.3 is 5.73 Å². The summed E-state index contributed by atoms with van der Waals surface area (Å²) in [6, 6.07) is 6.77. The fourth-order valence-corrected chi connectivity index (χ4v) is 2.47. The predicted octanol–water partition coefficient (Wildman–Crippen LogP) is 1.01. The maximum absolute atomic E-state index is 11.9. The summed E-state index contributed by atoms with van der Waals surface area (Å²) in [7, 11) is -3.45. The second-order valence-electron chi connectivity index (χ2n) is 4.63. The molecule has 4 nitrogen and oxygen atoms in total. The lowest BCUT2D eigenvalue weighted by Gasteiger charge is -2.19. The molecule has 0 amide bonds. The molecule has 1 rings (SSSR count). The van der Waals surface area contributed by atoms with Crippen LogP contribution in [-0.2, 0) is 10.0 Å². The van der Waals surface area contributed by atoms with E-state index in [0.29, 0.717) is 0 Å². The van der Waals surface area contributed by atoms with Crippen LogP contribution in [0.4, 0.5) is 0 Å². The fourth-order valence-electron chi connectivity index (χ4n) is 1.15. The SMILES string of the molecule is Cc1cccc(S(=O)(=O)NCC(C)(C)N)c1. The van der Waals surface area contributed by atoms with Gasteiger partial charge in [0.2, 0.25) is 10.0 Å². The molecule has 0 atom stereocenters. The average molecular weight is 242 g/mol. The summed E-state index contributed by atoms with van der Waals surface area (Å²) in [5, 5.41) is 0. The Labute approximate surface area is 96.9 Å². The quantitative estimate of drug-likeness (QED) is 0.827. The highest BCUT2D eigenvalue weighted by Gasteiger charge is 2.18. The number of hydrogen-bond donors (Lipinski definition) is 2. The number of rotatable bonds is 4. The minimum absolute atomic E-state index is 0.212. The molecule has 0 unspecified atom stereocenters. The Morgan fingerprint density at radius 2 is 2.00 bits per heavy atom. The van der Waals surface area contributed by atoms with Gasteiger partial charge in [-0.1, -0.05) is 12.1 Å². The first-order valence-electron chi connectivity index (χ1n) is 5.06. The van der Waals surface area contributed by atoms with Gasteiger partial charge >= 0.3 is 0 Å². The zero-order valence-corrected chi connectivity index (χ0v) is 10.6. The molecule has 1 aromatic carbocycles. The summed E-state index contributed by atoms with van der Waals surface area (Å²) in [6.45, 7) is 5.60. The van der Waals surface area contributed by atoms with Crippen molar-refractivity contribution in [3.8, 4) is 0 Å². The van der Waals surface area contributed by atoms with Crippen LogP contribution >= 0.6 is 0 Å². The van der Waals surface area contributed by atoms with Gasteiger partial charge in [-0.3, -0.25) is 0 Å². The molecule has 0 bridgehead atoms.